The van der Waals surface area contributed by atoms with Gasteiger partial charge in [-0.2, -0.15) is 0 Å². The topological polar surface area (TPSA) is 109 Å². The lowest BCUT2D eigenvalue weighted by atomic mass is 9.97. The predicted molar refractivity (Wildman–Crippen MR) is 173 cm³/mol. The summed E-state index contributed by atoms with van der Waals surface area (Å²) < 4.78 is 11.2. The normalized spacial score (nSPS) is 19.6. The Bertz CT molecular complexity index is 1520. The Labute approximate surface area is 267 Å². The average Bonchev–Trinajstić information content (AvgIpc) is 3.80. The minimum atomic E-state index is -0.721. The zero-order valence-electron chi connectivity index (χ0n) is 24.7. The molecule has 44 heavy (non-hydrogen) atoms. The fourth-order valence-corrected chi connectivity index (χ4v) is 6.90. The molecule has 6 rings (SSSR count). The Kier molecular flexibility index (Phi) is 9.37. The monoisotopic (exact) mass is 634 g/mol. The van der Waals surface area contributed by atoms with Crippen LogP contribution in [-0.2, 0) is 0 Å². The minimum absolute atomic E-state index is 0.0297. The Hall–Kier alpha value is -3.24. The van der Waals surface area contributed by atoms with E-state index in [1.54, 1.807) is 14.2 Å². The van der Waals surface area contributed by atoms with Crippen LogP contribution in [0.25, 0.3) is 33.6 Å². The van der Waals surface area contributed by atoms with Crippen molar-refractivity contribution >= 4 is 23.2 Å². The number of methoxy groups -OCH3 is 2. The first kappa shape index (κ1) is 30.8. The smallest absolute Gasteiger partial charge is 0.219 e. The van der Waals surface area contributed by atoms with E-state index in [2.05, 4.69) is 10.6 Å². The Morgan fingerprint density at radius 1 is 0.659 bits per heavy atom. The van der Waals surface area contributed by atoms with Crippen LogP contribution >= 0.6 is 23.2 Å². The van der Waals surface area contributed by atoms with Crippen molar-refractivity contribution in [1.82, 2.24) is 20.6 Å². The molecule has 0 aliphatic carbocycles. The van der Waals surface area contributed by atoms with E-state index < -0.39 is 12.2 Å². The summed E-state index contributed by atoms with van der Waals surface area (Å²) in [5.41, 5.74) is 5.41. The van der Waals surface area contributed by atoms with Gasteiger partial charge >= 0.3 is 0 Å². The zero-order chi connectivity index (χ0) is 30.8. The molecule has 2 aromatic carbocycles. The number of pyridine rings is 2. The van der Waals surface area contributed by atoms with Gasteiger partial charge in [0.1, 0.15) is 0 Å². The van der Waals surface area contributed by atoms with Crippen LogP contribution in [0.4, 0.5) is 0 Å². The molecule has 0 spiro atoms. The number of halogens is 2. The van der Waals surface area contributed by atoms with Gasteiger partial charge in [-0.25, -0.2) is 9.97 Å². The molecular weight excluding hydrogens is 599 g/mol. The Morgan fingerprint density at radius 2 is 1.07 bits per heavy atom. The highest BCUT2D eigenvalue weighted by atomic mass is 35.5. The molecule has 0 saturated carbocycles. The van der Waals surface area contributed by atoms with E-state index in [1.165, 1.54) is 0 Å². The van der Waals surface area contributed by atoms with Crippen molar-refractivity contribution in [2.75, 3.05) is 27.3 Å². The van der Waals surface area contributed by atoms with Gasteiger partial charge in [-0.05, 0) is 63.0 Å². The number of nitrogens with zero attached hydrogens (tertiary/aromatic N) is 2. The van der Waals surface area contributed by atoms with Gasteiger partial charge in [0.15, 0.2) is 0 Å². The maximum Gasteiger partial charge on any atom is 0.219 e. The Morgan fingerprint density at radius 3 is 1.43 bits per heavy atom. The molecule has 2 aliphatic rings. The molecule has 2 fully saturated rings. The number of hydrogen-bond acceptors (Lipinski definition) is 8. The number of ether oxygens (including phenoxy) is 2. The van der Waals surface area contributed by atoms with E-state index in [9.17, 15) is 10.2 Å². The van der Waals surface area contributed by atoms with Crippen molar-refractivity contribution in [3.05, 3.63) is 81.8 Å². The maximum absolute atomic E-state index is 11.0. The summed E-state index contributed by atoms with van der Waals surface area (Å²) in [6.07, 6.45) is 2.40. The third-order valence-electron chi connectivity index (χ3n) is 8.60. The zero-order valence-corrected chi connectivity index (χ0v) is 26.2. The fraction of sp³-hybridized carbons (Fsp3) is 0.353. The second-order valence-corrected chi connectivity index (χ2v) is 12.0. The van der Waals surface area contributed by atoms with Crippen LogP contribution < -0.4 is 20.1 Å². The lowest BCUT2D eigenvalue weighted by Gasteiger charge is -2.21. The van der Waals surface area contributed by atoms with Gasteiger partial charge < -0.3 is 30.3 Å². The first-order valence-corrected chi connectivity index (χ1v) is 15.7. The number of nitrogens with one attached hydrogen (secondary N) is 2. The molecule has 2 aromatic heterocycles. The molecule has 4 heterocycles. The van der Waals surface area contributed by atoms with Gasteiger partial charge in [-0.1, -0.05) is 59.6 Å². The second kappa shape index (κ2) is 13.4. The van der Waals surface area contributed by atoms with E-state index in [0.29, 0.717) is 55.4 Å². The van der Waals surface area contributed by atoms with Crippen molar-refractivity contribution in [1.29, 1.82) is 0 Å². The lowest BCUT2D eigenvalue weighted by Crippen LogP contribution is -2.29. The summed E-state index contributed by atoms with van der Waals surface area (Å²) in [7, 11) is 3.10. The highest BCUT2D eigenvalue weighted by Crippen LogP contribution is 2.43. The van der Waals surface area contributed by atoms with Crippen LogP contribution in [0.2, 0.25) is 10.0 Å². The molecule has 2 aliphatic heterocycles. The summed E-state index contributed by atoms with van der Waals surface area (Å²) in [6.45, 7) is 1.77. The van der Waals surface area contributed by atoms with Crippen molar-refractivity contribution < 1.29 is 19.7 Å². The van der Waals surface area contributed by atoms with Gasteiger partial charge in [0.2, 0.25) is 11.8 Å². The third kappa shape index (κ3) is 5.90. The van der Waals surface area contributed by atoms with E-state index in [0.717, 1.165) is 49.9 Å². The number of aromatic nitrogens is 2. The molecular formula is C34H36Cl2N4O4. The van der Waals surface area contributed by atoms with E-state index in [-0.39, 0.29) is 12.1 Å². The van der Waals surface area contributed by atoms with Gasteiger partial charge in [0, 0.05) is 45.5 Å². The number of aliphatic hydroxyl groups is 2. The highest BCUT2D eigenvalue weighted by Gasteiger charge is 2.29. The van der Waals surface area contributed by atoms with E-state index >= 15 is 0 Å². The summed E-state index contributed by atoms with van der Waals surface area (Å²) >= 11 is 14.1. The molecule has 2 saturated heterocycles. The second-order valence-electron chi connectivity index (χ2n) is 11.2. The van der Waals surface area contributed by atoms with Crippen LogP contribution in [0, 0.1) is 0 Å². The molecule has 0 amide bonds. The number of benzene rings is 2. The third-order valence-corrected chi connectivity index (χ3v) is 9.42. The SMILES string of the molecule is COc1nc(-c2cccc(-c3cccc(-c4ccc([C@@H](O)[C@H]5CCCN5)c(OC)n4)c3Cl)c2Cl)ccc1[C@@H](O)C1CCCN1. The van der Waals surface area contributed by atoms with E-state index in [4.69, 9.17) is 42.6 Å². The summed E-state index contributed by atoms with van der Waals surface area (Å²) in [5.74, 6) is 0.727. The maximum atomic E-state index is 11.0. The average molecular weight is 636 g/mol. The molecule has 10 heteroatoms. The molecule has 8 nitrogen and oxygen atoms in total. The van der Waals surface area contributed by atoms with Crippen LogP contribution in [0.15, 0.2) is 60.7 Å². The first-order valence-electron chi connectivity index (χ1n) is 14.9. The van der Waals surface area contributed by atoms with Gasteiger partial charge in [0.05, 0.1) is 47.9 Å². The molecule has 4 aromatic rings. The molecule has 0 bridgehead atoms. The van der Waals surface area contributed by atoms with Crippen LogP contribution in [-0.4, -0.2) is 59.6 Å². The lowest BCUT2D eigenvalue weighted by molar-refractivity contribution is 0.133. The highest BCUT2D eigenvalue weighted by molar-refractivity contribution is 6.39. The molecule has 230 valence electrons. The van der Waals surface area contributed by atoms with Crippen LogP contribution in [0.5, 0.6) is 11.8 Å². The molecule has 4 atom stereocenters. The predicted octanol–water partition coefficient (Wildman–Crippen LogP) is 6.37. The van der Waals surface area contributed by atoms with Crippen molar-refractivity contribution in [2.24, 2.45) is 0 Å². The van der Waals surface area contributed by atoms with Gasteiger partial charge in [-0.15, -0.1) is 0 Å². The first-order chi connectivity index (χ1) is 21.4. The summed E-state index contributed by atoms with van der Waals surface area (Å²) in [6, 6.07) is 18.8. The largest absolute Gasteiger partial charge is 0.481 e. The van der Waals surface area contributed by atoms with E-state index in [1.807, 2.05) is 60.7 Å². The quantitative estimate of drug-likeness (QED) is 0.168. The van der Waals surface area contributed by atoms with Gasteiger partial charge in [0.25, 0.3) is 0 Å². The van der Waals surface area contributed by atoms with Crippen molar-refractivity contribution in [2.45, 2.75) is 50.0 Å². The van der Waals surface area contributed by atoms with Gasteiger partial charge in [-0.3, -0.25) is 0 Å². The summed E-state index contributed by atoms with van der Waals surface area (Å²) in [4.78, 5) is 9.46. The van der Waals surface area contributed by atoms with Crippen LogP contribution in [0.1, 0.15) is 49.0 Å². The Balaban J connectivity index is 1.33. The molecule has 0 radical (unpaired) electrons. The number of hydrogen-bond donors (Lipinski definition) is 4. The minimum Gasteiger partial charge on any atom is -0.481 e. The fourth-order valence-electron chi connectivity index (χ4n) is 6.25. The number of rotatable bonds is 9. The standard InChI is InChI=1S/C34H36Cl2N4O4/c1-43-33-23(31(41)27-11-5-17-37-27)13-15-25(39-33)21-9-3-7-19(29(21)35)20-8-4-10-22(30(20)36)26-16-14-24(34(40-26)44-2)32(42)28-12-6-18-38-28/h3-4,7-10,13-16,27-28,31-32,37-38,41-42H,5-6,11-12,17-18H2,1-2H3/t27-,28?,31-,32-/m1/s1. The van der Waals surface area contributed by atoms with Crippen molar-refractivity contribution in [3.63, 3.8) is 0 Å². The molecule has 4 N–H and O–H groups in total. The summed E-state index contributed by atoms with van der Waals surface area (Å²) in [5, 5.41) is 29.6. The number of aliphatic hydroxyl groups excluding tert-OH is 2. The molecule has 1 unspecified atom stereocenters. The van der Waals surface area contributed by atoms with Crippen LogP contribution in [0.3, 0.4) is 0 Å². The van der Waals surface area contributed by atoms with Crippen molar-refractivity contribution in [3.8, 4) is 45.4 Å².